The number of aromatic nitrogens is 3. The van der Waals surface area contributed by atoms with Crippen LogP contribution >= 0.6 is 12.4 Å². The zero-order chi connectivity index (χ0) is 35.7. The fourth-order valence-corrected chi connectivity index (χ4v) is 6.94. The van der Waals surface area contributed by atoms with E-state index in [0.29, 0.717) is 30.9 Å². The molecule has 4 atom stereocenters. The van der Waals surface area contributed by atoms with Crippen molar-refractivity contribution in [3.05, 3.63) is 47.8 Å². The Bertz CT molecular complexity index is 1460. The van der Waals surface area contributed by atoms with Crippen LogP contribution in [0, 0.1) is 5.92 Å². The quantitative estimate of drug-likeness (QED) is 0.126. The minimum absolute atomic E-state index is 0. The number of carbonyl (C=O) groups excluding carboxylic acids is 4. The molecule has 276 valence electrons. The van der Waals surface area contributed by atoms with Crippen LogP contribution in [0.15, 0.2) is 36.5 Å². The molecule has 15 nitrogen and oxygen atoms in total. The van der Waals surface area contributed by atoms with E-state index in [0.717, 1.165) is 37.7 Å². The number of Topliss-reactive ketones (excluding diaryl/α,β-unsaturated/α-hetero) is 1. The number of rotatable bonds is 16. The summed E-state index contributed by atoms with van der Waals surface area (Å²) in [4.78, 5) is 67.1. The zero-order valence-electron chi connectivity index (χ0n) is 28.8. The molecule has 0 spiro atoms. The van der Waals surface area contributed by atoms with Crippen LogP contribution < -0.4 is 16.8 Å². The number of nitrogens with one attached hydrogen (secondary N) is 1. The summed E-state index contributed by atoms with van der Waals surface area (Å²) >= 11 is 0. The number of unbranched alkanes of at least 4 members (excludes halogenated alkanes) is 1. The molecule has 1 unspecified atom stereocenters. The average molecular weight is 719 g/mol. The molecule has 1 aliphatic heterocycles. The third-order valence-corrected chi connectivity index (χ3v) is 9.57. The fraction of sp³-hybridized carbons (Fsp3) is 0.618. The highest BCUT2D eigenvalue weighted by molar-refractivity contribution is 6.37. The lowest BCUT2D eigenvalue weighted by molar-refractivity contribution is -0.142. The van der Waals surface area contributed by atoms with Gasteiger partial charge in [-0.05, 0) is 51.0 Å². The van der Waals surface area contributed by atoms with Gasteiger partial charge >= 0.3 is 6.09 Å². The molecule has 0 radical (unpaired) electrons. The van der Waals surface area contributed by atoms with Crippen molar-refractivity contribution in [2.45, 2.75) is 114 Å². The summed E-state index contributed by atoms with van der Waals surface area (Å²) < 4.78 is 1.51. The van der Waals surface area contributed by atoms with Crippen molar-refractivity contribution in [2.75, 3.05) is 13.1 Å². The minimum atomic E-state index is -1.30. The molecule has 1 aromatic carbocycles. The number of aliphatic hydroxyl groups is 1. The molecule has 7 N–H and O–H groups in total. The van der Waals surface area contributed by atoms with Crippen molar-refractivity contribution < 1.29 is 34.2 Å². The first-order chi connectivity index (χ1) is 23.3. The number of hydrogen-bond acceptors (Lipinski definition) is 9. The van der Waals surface area contributed by atoms with Crippen LogP contribution in [-0.2, 0) is 31.3 Å². The second-order valence-electron chi connectivity index (χ2n) is 13.8. The number of amides is 4. The van der Waals surface area contributed by atoms with Crippen LogP contribution in [0.2, 0.25) is 0 Å². The van der Waals surface area contributed by atoms with Crippen LogP contribution in [0.4, 0.5) is 4.79 Å². The second kappa shape index (κ2) is 18.2. The van der Waals surface area contributed by atoms with E-state index >= 15 is 0 Å². The number of benzene rings is 1. The van der Waals surface area contributed by atoms with Crippen LogP contribution in [-0.4, -0.2) is 95.8 Å². The van der Waals surface area contributed by atoms with E-state index in [1.54, 1.807) is 13.8 Å². The predicted octanol–water partition coefficient (Wildman–Crippen LogP) is 2.26. The molecule has 50 heavy (non-hydrogen) atoms. The number of hydrogen-bond donors (Lipinski definition) is 5. The van der Waals surface area contributed by atoms with Crippen molar-refractivity contribution in [3.8, 4) is 0 Å². The largest absolute Gasteiger partial charge is 0.465 e. The summed E-state index contributed by atoms with van der Waals surface area (Å²) in [6, 6.07) is 5.45. The number of carbonyl (C=O) groups is 5. The highest BCUT2D eigenvalue weighted by Crippen LogP contribution is 2.33. The predicted molar refractivity (Wildman–Crippen MR) is 186 cm³/mol. The van der Waals surface area contributed by atoms with Gasteiger partial charge < -0.3 is 36.8 Å². The van der Waals surface area contributed by atoms with Gasteiger partial charge in [-0.15, -0.1) is 17.5 Å². The van der Waals surface area contributed by atoms with E-state index in [1.165, 1.54) is 20.7 Å². The third-order valence-electron chi connectivity index (χ3n) is 9.57. The monoisotopic (exact) mass is 718 g/mol. The Morgan fingerprint density at radius 3 is 2.38 bits per heavy atom. The normalized spacial score (nSPS) is 19.2. The summed E-state index contributed by atoms with van der Waals surface area (Å²) in [5.41, 5.74) is 11.7. The maximum atomic E-state index is 13.9. The molecule has 2 aromatic rings. The molecule has 2 aliphatic rings. The Hall–Kier alpha value is -4.08. The van der Waals surface area contributed by atoms with Crippen molar-refractivity contribution in [3.63, 3.8) is 0 Å². The first kappa shape index (κ1) is 40.4. The van der Waals surface area contributed by atoms with E-state index in [9.17, 15) is 34.2 Å². The van der Waals surface area contributed by atoms with Crippen LogP contribution in [0.1, 0.15) is 95.4 Å². The van der Waals surface area contributed by atoms with Gasteiger partial charge in [0.25, 0.3) is 5.91 Å². The fourth-order valence-electron chi connectivity index (χ4n) is 6.94. The maximum Gasteiger partial charge on any atom is 0.407 e. The molecule has 1 aliphatic carbocycles. The number of nitrogens with zero attached hydrogens (tertiary/aromatic N) is 5. The van der Waals surface area contributed by atoms with Gasteiger partial charge in [-0.25, -0.2) is 9.48 Å². The third kappa shape index (κ3) is 10.7. The molecule has 16 heteroatoms. The van der Waals surface area contributed by atoms with E-state index in [2.05, 4.69) is 15.6 Å². The number of halogens is 1. The van der Waals surface area contributed by atoms with Crippen molar-refractivity contribution >= 4 is 42.0 Å². The van der Waals surface area contributed by atoms with Gasteiger partial charge in [0.2, 0.25) is 17.6 Å². The lowest BCUT2D eigenvalue weighted by Crippen LogP contribution is -2.55. The lowest BCUT2D eigenvalue weighted by atomic mass is 9.84. The Morgan fingerprint density at radius 1 is 1.08 bits per heavy atom. The van der Waals surface area contributed by atoms with Gasteiger partial charge in [0, 0.05) is 26.1 Å². The van der Waals surface area contributed by atoms with E-state index in [1.807, 2.05) is 30.3 Å². The Morgan fingerprint density at radius 2 is 1.76 bits per heavy atom. The lowest BCUT2D eigenvalue weighted by Gasteiger charge is -2.30. The molecular formula is C34H51ClN8O7. The summed E-state index contributed by atoms with van der Waals surface area (Å²) in [5, 5.41) is 31.2. The minimum Gasteiger partial charge on any atom is -0.465 e. The van der Waals surface area contributed by atoms with Crippen molar-refractivity contribution in [1.82, 2.24) is 30.1 Å². The Kier molecular flexibility index (Phi) is 14.7. The van der Waals surface area contributed by atoms with Gasteiger partial charge in [0.1, 0.15) is 11.6 Å². The summed E-state index contributed by atoms with van der Waals surface area (Å²) in [7, 11) is 0. The number of carboxylic acid groups (broad SMARTS) is 1. The van der Waals surface area contributed by atoms with Crippen molar-refractivity contribution in [1.29, 1.82) is 0 Å². The molecule has 1 aromatic heterocycles. The highest BCUT2D eigenvalue weighted by Gasteiger charge is 2.44. The van der Waals surface area contributed by atoms with Crippen LogP contribution in [0.5, 0.6) is 0 Å². The Balaban J connectivity index is 0.00000676. The summed E-state index contributed by atoms with van der Waals surface area (Å²) in [5.74, 6) is -2.94. The van der Waals surface area contributed by atoms with Crippen LogP contribution in [0.25, 0.3) is 0 Å². The Labute approximate surface area is 298 Å². The molecule has 1 saturated carbocycles. The standard InChI is InChI=1S/C34H50N8O7.ClH/c1-34(2,49)28-19-37-39-42(28)24-18-27(41(21-24)32(46)25(35)17-22-11-5-3-6-12-22)31(45)38-26(29(43)30(36)44)15-9-10-16-40(33(47)48)20-23-13-7-4-8-14-23;/h4,7-8,13-14,19,22,24-27,49H,3,5-6,9-12,15-18,20-21,35H2,1-2H3,(H2,36,44)(H,38,45)(H,47,48);1H/t24-,25+,26?,27-;/m0./s1. The molecule has 2 fully saturated rings. The van der Waals surface area contributed by atoms with Gasteiger partial charge in [0.05, 0.1) is 30.0 Å². The molecule has 0 bridgehead atoms. The van der Waals surface area contributed by atoms with E-state index in [4.69, 9.17) is 11.5 Å². The highest BCUT2D eigenvalue weighted by atomic mass is 35.5. The molecule has 4 amide bonds. The maximum absolute atomic E-state index is 13.9. The average Bonchev–Trinajstić information content (AvgIpc) is 3.74. The number of primary amides is 1. The van der Waals surface area contributed by atoms with Gasteiger partial charge in [-0.1, -0.05) is 67.6 Å². The smallest absolute Gasteiger partial charge is 0.407 e. The first-order valence-electron chi connectivity index (χ1n) is 17.1. The summed E-state index contributed by atoms with van der Waals surface area (Å²) in [6.45, 7) is 3.60. The number of likely N-dealkylation sites (tertiary alicyclic amines) is 1. The summed E-state index contributed by atoms with van der Waals surface area (Å²) in [6.07, 6.45) is 6.95. The van der Waals surface area contributed by atoms with Gasteiger partial charge in [0.15, 0.2) is 0 Å². The SMILES string of the molecule is CC(C)(O)c1cnnn1[C@H]1C[C@@H](C(=O)NC(CCCCN(Cc2ccccc2)C(=O)O)C(=O)C(N)=O)N(C(=O)[C@H](N)CC2CCCCC2)C1.Cl. The number of nitrogens with two attached hydrogens (primary N) is 2. The molecular weight excluding hydrogens is 668 g/mol. The zero-order valence-corrected chi connectivity index (χ0v) is 29.6. The molecule has 1 saturated heterocycles. The molecule has 4 rings (SSSR count). The first-order valence-corrected chi connectivity index (χ1v) is 17.1. The van der Waals surface area contributed by atoms with Gasteiger partial charge in [-0.3, -0.25) is 19.2 Å². The molecule has 2 heterocycles. The number of ketones is 1. The van der Waals surface area contributed by atoms with Gasteiger partial charge in [-0.2, -0.15) is 0 Å². The second-order valence-corrected chi connectivity index (χ2v) is 13.8. The van der Waals surface area contributed by atoms with E-state index in [-0.39, 0.29) is 44.9 Å². The van der Waals surface area contributed by atoms with Crippen LogP contribution in [0.3, 0.4) is 0 Å². The topological polar surface area (TPSA) is 227 Å². The van der Waals surface area contributed by atoms with Crippen molar-refractivity contribution in [2.24, 2.45) is 17.4 Å². The van der Waals surface area contributed by atoms with E-state index < -0.39 is 59.4 Å².